The topological polar surface area (TPSA) is 17.1 Å². The molecular weight excluding hydrogens is 268 g/mol. The summed E-state index contributed by atoms with van der Waals surface area (Å²) in [6.45, 7) is 4.40. The van der Waals surface area contributed by atoms with Gasteiger partial charge in [0.1, 0.15) is 0 Å². The lowest BCUT2D eigenvalue weighted by molar-refractivity contribution is -0.115. The van der Waals surface area contributed by atoms with E-state index in [1.54, 1.807) is 0 Å². The van der Waals surface area contributed by atoms with E-state index >= 15 is 0 Å². The van der Waals surface area contributed by atoms with E-state index in [-0.39, 0.29) is 11.2 Å². The molecule has 0 bridgehead atoms. The number of hydrogen-bond acceptors (Lipinski definition) is 1. The van der Waals surface area contributed by atoms with Crippen molar-refractivity contribution < 1.29 is 4.79 Å². The van der Waals surface area contributed by atoms with Crippen molar-refractivity contribution in [1.29, 1.82) is 0 Å². The van der Waals surface area contributed by atoms with Gasteiger partial charge in [0.2, 0.25) is 0 Å². The Bertz CT molecular complexity index is 585. The van der Waals surface area contributed by atoms with Gasteiger partial charge in [-0.25, -0.2) is 0 Å². The standard InChI is InChI=1S/C21H26O/c1-3-4-5-6-7-11-15-21(2)16-14-19(22)17-20(21)18-12-9-8-10-13-18/h8-10,12-13,17H,3-7,14,16H2,1-2H3. The van der Waals surface area contributed by atoms with Crippen LogP contribution >= 0.6 is 0 Å². The van der Waals surface area contributed by atoms with Crippen LogP contribution in [0.15, 0.2) is 36.4 Å². The van der Waals surface area contributed by atoms with Crippen molar-refractivity contribution in [2.24, 2.45) is 5.41 Å². The van der Waals surface area contributed by atoms with Gasteiger partial charge in [-0.2, -0.15) is 0 Å². The maximum absolute atomic E-state index is 11.9. The summed E-state index contributed by atoms with van der Waals surface area (Å²) in [5.41, 5.74) is 2.02. The monoisotopic (exact) mass is 294 g/mol. The number of unbranched alkanes of at least 4 members (excludes halogenated alkanes) is 4. The van der Waals surface area contributed by atoms with Gasteiger partial charge in [-0.05, 0) is 37.0 Å². The Morgan fingerprint density at radius 3 is 2.64 bits per heavy atom. The molecule has 1 atom stereocenters. The molecule has 1 aromatic carbocycles. The molecule has 116 valence electrons. The molecule has 0 fully saturated rings. The Balaban J connectivity index is 2.14. The number of allylic oxidation sites excluding steroid dienone is 2. The number of carbonyl (C=O) groups excluding carboxylic acids is 1. The number of rotatable bonds is 5. The molecule has 0 heterocycles. The molecule has 1 aromatic rings. The Hall–Kier alpha value is -1.81. The van der Waals surface area contributed by atoms with Crippen molar-refractivity contribution in [3.63, 3.8) is 0 Å². The first kappa shape index (κ1) is 16.6. The quantitative estimate of drug-likeness (QED) is 0.524. The molecule has 0 N–H and O–H groups in total. The first-order valence-electron chi connectivity index (χ1n) is 8.46. The van der Waals surface area contributed by atoms with Crippen LogP contribution in [0.2, 0.25) is 0 Å². The van der Waals surface area contributed by atoms with Gasteiger partial charge in [-0.3, -0.25) is 4.79 Å². The van der Waals surface area contributed by atoms with E-state index in [4.69, 9.17) is 0 Å². The molecule has 22 heavy (non-hydrogen) atoms. The molecule has 1 heteroatoms. The van der Waals surface area contributed by atoms with Crippen LogP contribution in [0.3, 0.4) is 0 Å². The average molecular weight is 294 g/mol. The SMILES string of the molecule is CCCCCCC#CC1(C)CCC(=O)C=C1c1ccccc1. The molecule has 0 spiro atoms. The highest BCUT2D eigenvalue weighted by Crippen LogP contribution is 2.41. The van der Waals surface area contributed by atoms with Crippen LogP contribution in [0, 0.1) is 17.3 Å². The predicted molar refractivity (Wildman–Crippen MR) is 93.3 cm³/mol. The van der Waals surface area contributed by atoms with E-state index < -0.39 is 0 Å². The van der Waals surface area contributed by atoms with Gasteiger partial charge in [0.25, 0.3) is 0 Å². The lowest BCUT2D eigenvalue weighted by Gasteiger charge is -2.30. The molecule has 1 aliphatic carbocycles. The third-order valence-corrected chi connectivity index (χ3v) is 4.38. The van der Waals surface area contributed by atoms with Gasteiger partial charge < -0.3 is 0 Å². The van der Waals surface area contributed by atoms with Crippen LogP contribution in [0.25, 0.3) is 5.57 Å². The molecule has 1 nitrogen and oxygen atoms in total. The first-order chi connectivity index (χ1) is 10.7. The van der Waals surface area contributed by atoms with Crippen LogP contribution in [0.4, 0.5) is 0 Å². The fourth-order valence-electron chi connectivity index (χ4n) is 2.95. The lowest BCUT2D eigenvalue weighted by Crippen LogP contribution is -2.23. The minimum Gasteiger partial charge on any atom is -0.295 e. The van der Waals surface area contributed by atoms with Gasteiger partial charge in [0, 0.05) is 12.8 Å². The van der Waals surface area contributed by atoms with Crippen molar-refractivity contribution in [3.05, 3.63) is 42.0 Å². The highest BCUT2D eigenvalue weighted by molar-refractivity contribution is 6.00. The largest absolute Gasteiger partial charge is 0.295 e. The average Bonchev–Trinajstić information content (AvgIpc) is 2.54. The van der Waals surface area contributed by atoms with Crippen molar-refractivity contribution in [3.8, 4) is 11.8 Å². The summed E-state index contributed by atoms with van der Waals surface area (Å²) in [7, 11) is 0. The molecule has 0 amide bonds. The van der Waals surface area contributed by atoms with Gasteiger partial charge in [-0.15, -0.1) is 5.92 Å². The zero-order valence-corrected chi connectivity index (χ0v) is 13.8. The molecule has 2 rings (SSSR count). The highest BCUT2D eigenvalue weighted by atomic mass is 16.1. The summed E-state index contributed by atoms with van der Waals surface area (Å²) >= 11 is 0. The van der Waals surface area contributed by atoms with Gasteiger partial charge in [-0.1, -0.05) is 62.4 Å². The molecule has 0 saturated carbocycles. The molecule has 1 aliphatic rings. The Morgan fingerprint density at radius 2 is 1.91 bits per heavy atom. The fourth-order valence-corrected chi connectivity index (χ4v) is 2.95. The molecule has 0 saturated heterocycles. The summed E-state index contributed by atoms with van der Waals surface area (Å²) < 4.78 is 0. The summed E-state index contributed by atoms with van der Waals surface area (Å²) in [5, 5.41) is 0. The fraction of sp³-hybridized carbons (Fsp3) is 0.476. The maximum Gasteiger partial charge on any atom is 0.156 e. The minimum atomic E-state index is -0.194. The van der Waals surface area contributed by atoms with E-state index in [0.717, 1.165) is 24.0 Å². The summed E-state index contributed by atoms with van der Waals surface area (Å²) in [6.07, 6.45) is 9.21. The van der Waals surface area contributed by atoms with E-state index in [0.29, 0.717) is 6.42 Å². The first-order valence-corrected chi connectivity index (χ1v) is 8.46. The Labute approximate surface area is 134 Å². The smallest absolute Gasteiger partial charge is 0.156 e. The molecular formula is C21H26O. The van der Waals surface area contributed by atoms with Crippen molar-refractivity contribution in [1.82, 2.24) is 0 Å². The molecule has 1 unspecified atom stereocenters. The third-order valence-electron chi connectivity index (χ3n) is 4.38. The van der Waals surface area contributed by atoms with Crippen LogP contribution in [0.5, 0.6) is 0 Å². The van der Waals surface area contributed by atoms with Crippen LogP contribution < -0.4 is 0 Å². The third kappa shape index (κ3) is 4.34. The van der Waals surface area contributed by atoms with E-state index in [1.807, 2.05) is 24.3 Å². The van der Waals surface area contributed by atoms with Crippen LogP contribution in [-0.4, -0.2) is 5.78 Å². The molecule has 0 aliphatic heterocycles. The summed E-state index contributed by atoms with van der Waals surface area (Å²) in [4.78, 5) is 11.9. The van der Waals surface area contributed by atoms with E-state index in [1.165, 1.54) is 25.7 Å². The second kappa shape index (κ2) is 7.99. The zero-order valence-electron chi connectivity index (χ0n) is 13.8. The van der Waals surface area contributed by atoms with Crippen LogP contribution in [-0.2, 0) is 4.79 Å². The predicted octanol–water partition coefficient (Wildman–Crippen LogP) is 5.41. The van der Waals surface area contributed by atoms with Crippen molar-refractivity contribution >= 4 is 11.4 Å². The molecule has 0 radical (unpaired) electrons. The highest BCUT2D eigenvalue weighted by Gasteiger charge is 2.32. The van der Waals surface area contributed by atoms with Gasteiger partial charge >= 0.3 is 0 Å². The lowest BCUT2D eigenvalue weighted by atomic mass is 9.71. The van der Waals surface area contributed by atoms with Crippen molar-refractivity contribution in [2.75, 3.05) is 0 Å². The summed E-state index contributed by atoms with van der Waals surface area (Å²) in [5.74, 6) is 7.06. The number of benzene rings is 1. The van der Waals surface area contributed by atoms with Crippen LogP contribution in [0.1, 0.15) is 64.4 Å². The van der Waals surface area contributed by atoms with Crippen molar-refractivity contribution in [2.45, 2.75) is 58.8 Å². The Morgan fingerprint density at radius 1 is 1.14 bits per heavy atom. The number of hydrogen-bond donors (Lipinski definition) is 0. The molecule has 0 aromatic heterocycles. The number of carbonyl (C=O) groups is 1. The number of ketones is 1. The normalized spacial score (nSPS) is 21.0. The maximum atomic E-state index is 11.9. The van der Waals surface area contributed by atoms with E-state index in [9.17, 15) is 4.79 Å². The summed E-state index contributed by atoms with van der Waals surface area (Å²) in [6, 6.07) is 10.2. The minimum absolute atomic E-state index is 0.194. The van der Waals surface area contributed by atoms with Gasteiger partial charge in [0.05, 0.1) is 5.41 Å². The Kier molecular flexibility index (Phi) is 6.01. The second-order valence-electron chi connectivity index (χ2n) is 6.33. The zero-order chi connectivity index (χ0) is 15.8. The van der Waals surface area contributed by atoms with Gasteiger partial charge in [0.15, 0.2) is 5.78 Å². The second-order valence-corrected chi connectivity index (χ2v) is 6.33. The van der Waals surface area contributed by atoms with E-state index in [2.05, 4.69) is 37.8 Å².